The molecule has 9 nitrogen and oxygen atoms in total. The summed E-state index contributed by atoms with van der Waals surface area (Å²) in [5, 5.41) is 9.46. The van der Waals surface area contributed by atoms with Crippen LogP contribution < -0.4 is 4.90 Å². The number of benzene rings is 1. The van der Waals surface area contributed by atoms with Crippen LogP contribution in [0.25, 0.3) is 22.4 Å². The molecule has 5 rings (SSSR count). The van der Waals surface area contributed by atoms with Crippen LogP contribution in [0.1, 0.15) is 18.4 Å². The van der Waals surface area contributed by atoms with Crippen LogP contribution >= 0.6 is 0 Å². The van der Waals surface area contributed by atoms with E-state index in [4.69, 9.17) is 4.52 Å². The van der Waals surface area contributed by atoms with Gasteiger partial charge in [-0.3, -0.25) is 9.58 Å². The average Bonchev–Trinajstić information content (AvgIpc) is 3.41. The highest BCUT2D eigenvalue weighted by atomic mass is 16.5. The second kappa shape index (κ2) is 7.83. The summed E-state index contributed by atoms with van der Waals surface area (Å²) in [7, 11) is 1.90. The van der Waals surface area contributed by atoms with Crippen molar-refractivity contribution in [2.24, 2.45) is 7.05 Å². The van der Waals surface area contributed by atoms with Crippen molar-refractivity contribution in [2.75, 3.05) is 31.1 Å². The first-order valence-corrected chi connectivity index (χ1v) is 10.2. The topological polar surface area (TPSA) is 89.0 Å². The van der Waals surface area contributed by atoms with Gasteiger partial charge < -0.3 is 9.42 Å². The minimum Gasteiger partial charge on any atom is -0.353 e. The van der Waals surface area contributed by atoms with Gasteiger partial charge in [0.25, 0.3) is 0 Å². The number of nitrogens with zero attached hydrogens (tertiary/aromatic N) is 8. The van der Waals surface area contributed by atoms with E-state index in [0.717, 1.165) is 55.0 Å². The lowest BCUT2D eigenvalue weighted by molar-refractivity contribution is 0.215. The standard InChI is InChI=1S/C21H24N8O/c1-3-15-4-6-16(7-5-15)19-25-18(30-26-19)13-28-8-10-29(11-9-28)21-17-12-24-27(2)20(17)22-14-23-21/h4-7,12,14H,3,8-11,13H2,1-2H3. The Kier molecular flexibility index (Phi) is 4.88. The van der Waals surface area contributed by atoms with Crippen LogP contribution in [0.2, 0.25) is 0 Å². The van der Waals surface area contributed by atoms with E-state index in [1.807, 2.05) is 25.4 Å². The molecule has 1 saturated heterocycles. The van der Waals surface area contributed by atoms with E-state index in [-0.39, 0.29) is 0 Å². The van der Waals surface area contributed by atoms with Crippen LogP contribution in [-0.2, 0) is 20.0 Å². The fourth-order valence-electron chi connectivity index (χ4n) is 3.84. The van der Waals surface area contributed by atoms with Gasteiger partial charge in [0.05, 0.1) is 18.1 Å². The highest BCUT2D eigenvalue weighted by Crippen LogP contribution is 2.24. The second-order valence-electron chi connectivity index (χ2n) is 7.53. The van der Waals surface area contributed by atoms with Crippen molar-refractivity contribution in [2.45, 2.75) is 19.9 Å². The number of piperazine rings is 1. The van der Waals surface area contributed by atoms with Gasteiger partial charge in [-0.25, -0.2) is 9.97 Å². The molecule has 1 aromatic carbocycles. The lowest BCUT2D eigenvalue weighted by Gasteiger charge is -2.34. The van der Waals surface area contributed by atoms with Crippen molar-refractivity contribution in [3.8, 4) is 11.4 Å². The predicted molar refractivity (Wildman–Crippen MR) is 113 cm³/mol. The number of aryl methyl sites for hydroxylation is 2. The van der Waals surface area contributed by atoms with Crippen molar-refractivity contribution in [3.05, 3.63) is 48.2 Å². The number of anilines is 1. The Morgan fingerprint density at radius 3 is 2.60 bits per heavy atom. The fourth-order valence-corrected chi connectivity index (χ4v) is 3.84. The molecule has 1 fully saturated rings. The lowest BCUT2D eigenvalue weighted by atomic mass is 10.1. The molecular formula is C21H24N8O. The molecule has 4 aromatic rings. The van der Waals surface area contributed by atoms with E-state index in [1.54, 1.807) is 11.0 Å². The van der Waals surface area contributed by atoms with Gasteiger partial charge in [-0.1, -0.05) is 36.3 Å². The largest absolute Gasteiger partial charge is 0.353 e. The molecule has 0 atom stereocenters. The van der Waals surface area contributed by atoms with E-state index in [2.05, 4.69) is 54.1 Å². The number of fused-ring (bicyclic) bond motifs is 1. The minimum absolute atomic E-state index is 0.645. The van der Waals surface area contributed by atoms with E-state index in [9.17, 15) is 0 Å². The van der Waals surface area contributed by atoms with Gasteiger partial charge in [0, 0.05) is 38.8 Å². The summed E-state index contributed by atoms with van der Waals surface area (Å²) in [6.07, 6.45) is 4.47. The summed E-state index contributed by atoms with van der Waals surface area (Å²) in [6.45, 7) is 6.34. The Labute approximate surface area is 174 Å². The molecule has 154 valence electrons. The van der Waals surface area contributed by atoms with Gasteiger partial charge in [-0.15, -0.1) is 0 Å². The molecule has 0 amide bonds. The van der Waals surface area contributed by atoms with Gasteiger partial charge in [-0.05, 0) is 12.0 Å². The molecule has 0 unspecified atom stereocenters. The molecule has 0 radical (unpaired) electrons. The van der Waals surface area contributed by atoms with Gasteiger partial charge in [0.15, 0.2) is 5.65 Å². The third-order valence-corrected chi connectivity index (χ3v) is 5.63. The summed E-state index contributed by atoms with van der Waals surface area (Å²) >= 11 is 0. The molecule has 30 heavy (non-hydrogen) atoms. The zero-order valence-electron chi connectivity index (χ0n) is 17.2. The predicted octanol–water partition coefficient (Wildman–Crippen LogP) is 2.30. The van der Waals surface area contributed by atoms with E-state index in [1.165, 1.54) is 5.56 Å². The molecule has 0 aliphatic carbocycles. The lowest BCUT2D eigenvalue weighted by Crippen LogP contribution is -2.46. The monoisotopic (exact) mass is 404 g/mol. The Balaban J connectivity index is 1.23. The zero-order valence-corrected chi connectivity index (χ0v) is 17.2. The third-order valence-electron chi connectivity index (χ3n) is 5.63. The first-order valence-electron chi connectivity index (χ1n) is 10.2. The maximum atomic E-state index is 5.50. The van der Waals surface area contributed by atoms with Gasteiger partial charge in [0.2, 0.25) is 11.7 Å². The molecular weight excluding hydrogens is 380 g/mol. The quantitative estimate of drug-likeness (QED) is 0.501. The van der Waals surface area contributed by atoms with Crippen molar-refractivity contribution in [3.63, 3.8) is 0 Å². The maximum Gasteiger partial charge on any atom is 0.241 e. The van der Waals surface area contributed by atoms with Crippen molar-refractivity contribution in [1.29, 1.82) is 0 Å². The van der Waals surface area contributed by atoms with Crippen molar-refractivity contribution in [1.82, 2.24) is 34.8 Å². The minimum atomic E-state index is 0.645. The zero-order chi connectivity index (χ0) is 20.5. The third kappa shape index (κ3) is 3.52. The Bertz CT molecular complexity index is 1140. The van der Waals surface area contributed by atoms with Crippen LogP contribution in [0, 0.1) is 0 Å². The molecule has 1 aliphatic rings. The molecule has 0 bridgehead atoms. The SMILES string of the molecule is CCc1ccc(-c2noc(CN3CCN(c4ncnc5c4cnn5C)CC3)n2)cc1. The highest BCUT2D eigenvalue weighted by molar-refractivity contribution is 5.86. The second-order valence-corrected chi connectivity index (χ2v) is 7.53. The Morgan fingerprint density at radius 2 is 1.83 bits per heavy atom. The first-order chi connectivity index (χ1) is 14.7. The Morgan fingerprint density at radius 1 is 1.03 bits per heavy atom. The summed E-state index contributed by atoms with van der Waals surface area (Å²) in [5.74, 6) is 2.24. The summed E-state index contributed by atoms with van der Waals surface area (Å²) in [5.41, 5.74) is 3.14. The molecule has 3 aromatic heterocycles. The van der Waals surface area contributed by atoms with Crippen LogP contribution in [0.3, 0.4) is 0 Å². The molecule has 1 aliphatic heterocycles. The van der Waals surface area contributed by atoms with Gasteiger partial charge in [0.1, 0.15) is 12.1 Å². The molecule has 0 saturated carbocycles. The van der Waals surface area contributed by atoms with E-state index >= 15 is 0 Å². The molecule has 9 heteroatoms. The van der Waals surface area contributed by atoms with E-state index < -0.39 is 0 Å². The summed E-state index contributed by atoms with van der Waals surface area (Å²) < 4.78 is 7.28. The Hall–Kier alpha value is -3.33. The van der Waals surface area contributed by atoms with E-state index in [0.29, 0.717) is 18.3 Å². The number of hydrogen-bond donors (Lipinski definition) is 0. The number of hydrogen-bond acceptors (Lipinski definition) is 8. The first kappa shape index (κ1) is 18.7. The molecule has 0 N–H and O–H groups in total. The number of rotatable bonds is 5. The fraction of sp³-hybridized carbons (Fsp3) is 0.381. The van der Waals surface area contributed by atoms with Gasteiger partial charge >= 0.3 is 0 Å². The van der Waals surface area contributed by atoms with Crippen LogP contribution in [0.4, 0.5) is 5.82 Å². The van der Waals surface area contributed by atoms with Crippen molar-refractivity contribution < 1.29 is 4.52 Å². The van der Waals surface area contributed by atoms with Gasteiger partial charge in [-0.2, -0.15) is 10.1 Å². The maximum absolute atomic E-state index is 5.50. The summed E-state index contributed by atoms with van der Waals surface area (Å²) in [6, 6.07) is 8.31. The van der Waals surface area contributed by atoms with Crippen LogP contribution in [-0.4, -0.2) is 61.0 Å². The smallest absolute Gasteiger partial charge is 0.241 e. The normalized spacial score (nSPS) is 15.2. The van der Waals surface area contributed by atoms with Crippen LogP contribution in [0.5, 0.6) is 0 Å². The average molecular weight is 404 g/mol. The summed E-state index contributed by atoms with van der Waals surface area (Å²) in [4.78, 5) is 18.0. The molecule has 4 heterocycles. The van der Waals surface area contributed by atoms with Crippen LogP contribution in [0.15, 0.2) is 41.3 Å². The highest BCUT2D eigenvalue weighted by Gasteiger charge is 2.22. The van der Waals surface area contributed by atoms with Crippen molar-refractivity contribution >= 4 is 16.9 Å². The molecule has 0 spiro atoms. The number of aromatic nitrogens is 6.